The van der Waals surface area contributed by atoms with E-state index in [1.54, 1.807) is 41.3 Å². The van der Waals surface area contributed by atoms with Crippen LogP contribution in [0.3, 0.4) is 0 Å². The highest BCUT2D eigenvalue weighted by Gasteiger charge is 2.14. The van der Waals surface area contributed by atoms with Crippen LogP contribution in [0.1, 0.15) is 36.5 Å². The molecule has 1 atom stereocenters. The van der Waals surface area contributed by atoms with E-state index in [0.717, 1.165) is 5.56 Å². The maximum atomic E-state index is 12.4. The minimum absolute atomic E-state index is 0.0653. The largest absolute Gasteiger partial charge is 0.321 e. The zero-order chi connectivity index (χ0) is 22.2. The normalized spacial score (nSPS) is 11.4. The summed E-state index contributed by atoms with van der Waals surface area (Å²) in [5, 5.41) is 25.4. The summed E-state index contributed by atoms with van der Waals surface area (Å²) in [7, 11) is 0. The van der Waals surface area contributed by atoms with Crippen molar-refractivity contribution in [3.8, 4) is 23.4 Å². The lowest BCUT2D eigenvalue weighted by Gasteiger charge is -2.09. The van der Waals surface area contributed by atoms with Gasteiger partial charge < -0.3 is 5.32 Å². The molecule has 2 aromatic heterocycles. The molecule has 0 amide bonds. The van der Waals surface area contributed by atoms with E-state index in [2.05, 4.69) is 32.5 Å². The van der Waals surface area contributed by atoms with Gasteiger partial charge in [0.25, 0.3) is 0 Å². The number of ketones is 1. The van der Waals surface area contributed by atoms with Gasteiger partial charge in [0, 0.05) is 23.7 Å². The number of hydrogen-bond acceptors (Lipinski definition) is 7. The lowest BCUT2D eigenvalue weighted by molar-refractivity contribution is 0.0969. The van der Waals surface area contributed by atoms with Crippen molar-refractivity contribution in [3.05, 3.63) is 53.4 Å². The summed E-state index contributed by atoms with van der Waals surface area (Å²) in [6.45, 7) is 2.40. The number of nitriles is 2. The number of Topliss-reactive ketones (excluding diaryl/α,β-unsaturated/α-hetero) is 1. The van der Waals surface area contributed by atoms with Crippen LogP contribution < -0.4 is 5.32 Å². The lowest BCUT2D eigenvalue weighted by Crippen LogP contribution is -2.06. The fraction of sp³-hybridized carbons (Fsp3) is 0.273. The van der Waals surface area contributed by atoms with E-state index in [1.807, 2.05) is 6.92 Å². The summed E-state index contributed by atoms with van der Waals surface area (Å²) in [5.74, 6) is 0.00469. The summed E-state index contributed by atoms with van der Waals surface area (Å²) in [5.41, 5.74) is 2.50. The Kier molecular flexibility index (Phi) is 7.31. The number of rotatable bonds is 9. The molecule has 31 heavy (non-hydrogen) atoms. The van der Waals surface area contributed by atoms with Crippen LogP contribution in [0.4, 0.5) is 11.6 Å². The molecule has 156 valence electrons. The molecule has 0 aliphatic rings. The fourth-order valence-corrected chi connectivity index (χ4v) is 3.11. The Morgan fingerprint density at radius 3 is 2.71 bits per heavy atom. The topological polar surface area (TPSA) is 120 Å². The number of aryl methyl sites for hydroxylation is 1. The van der Waals surface area contributed by atoms with E-state index in [9.17, 15) is 4.79 Å². The molecule has 0 radical (unpaired) electrons. The molecule has 0 aliphatic carbocycles. The molecule has 1 N–H and O–H groups in total. The second-order valence-corrected chi connectivity index (χ2v) is 7.26. The van der Waals surface area contributed by atoms with Crippen molar-refractivity contribution in [2.24, 2.45) is 5.92 Å². The number of nitrogens with zero attached hydrogens (tertiary/aromatic N) is 6. The average Bonchev–Trinajstić information content (AvgIpc) is 3.24. The first-order valence-electron chi connectivity index (χ1n) is 9.76. The molecule has 3 rings (SSSR count). The van der Waals surface area contributed by atoms with Crippen LogP contribution in [0.5, 0.6) is 0 Å². The molecular formula is C22H20ClN7O. The number of carbonyl (C=O) groups excluding carboxylic acids is 1. The molecule has 0 spiro atoms. The van der Waals surface area contributed by atoms with Gasteiger partial charge in [-0.15, -0.1) is 0 Å². The number of aromatic nitrogens is 4. The third kappa shape index (κ3) is 5.65. The maximum Gasteiger partial charge on any atom is 0.227 e. The average molecular weight is 434 g/mol. The van der Waals surface area contributed by atoms with Gasteiger partial charge in [0.05, 0.1) is 59.8 Å². The van der Waals surface area contributed by atoms with Crippen molar-refractivity contribution < 1.29 is 4.79 Å². The lowest BCUT2D eigenvalue weighted by atomic mass is 9.96. The zero-order valence-corrected chi connectivity index (χ0v) is 17.7. The highest BCUT2D eigenvalue weighted by Crippen LogP contribution is 2.27. The van der Waals surface area contributed by atoms with Crippen LogP contribution in [0.25, 0.3) is 11.3 Å². The highest BCUT2D eigenvalue weighted by molar-refractivity contribution is 6.32. The number of carbonyl (C=O) groups is 1. The first-order chi connectivity index (χ1) is 15.0. The summed E-state index contributed by atoms with van der Waals surface area (Å²) >= 11 is 6.30. The van der Waals surface area contributed by atoms with Crippen molar-refractivity contribution in [1.29, 1.82) is 10.5 Å². The van der Waals surface area contributed by atoms with Crippen LogP contribution in [-0.4, -0.2) is 25.5 Å². The van der Waals surface area contributed by atoms with Gasteiger partial charge in [0.1, 0.15) is 0 Å². The molecule has 0 aliphatic heterocycles. The molecule has 0 bridgehead atoms. The number of anilines is 2. The van der Waals surface area contributed by atoms with Gasteiger partial charge in [-0.3, -0.25) is 9.48 Å². The molecule has 0 unspecified atom stereocenters. The summed E-state index contributed by atoms with van der Waals surface area (Å²) < 4.78 is 1.66. The summed E-state index contributed by atoms with van der Waals surface area (Å²) in [6, 6.07) is 11.2. The van der Waals surface area contributed by atoms with Gasteiger partial charge in [-0.1, -0.05) is 42.8 Å². The Balaban J connectivity index is 1.75. The highest BCUT2D eigenvalue weighted by atomic mass is 35.5. The molecule has 2 heterocycles. The predicted octanol–water partition coefficient (Wildman–Crippen LogP) is 4.77. The maximum absolute atomic E-state index is 12.4. The van der Waals surface area contributed by atoms with Gasteiger partial charge in [-0.2, -0.15) is 15.6 Å². The molecule has 1 aromatic carbocycles. The Bertz CT molecular complexity index is 1140. The first-order valence-corrected chi connectivity index (χ1v) is 10.1. The van der Waals surface area contributed by atoms with Crippen molar-refractivity contribution in [2.75, 3.05) is 5.32 Å². The summed E-state index contributed by atoms with van der Waals surface area (Å²) in [6.07, 6.45) is 6.11. The Morgan fingerprint density at radius 1 is 1.26 bits per heavy atom. The van der Waals surface area contributed by atoms with Crippen molar-refractivity contribution in [2.45, 2.75) is 32.7 Å². The predicted molar refractivity (Wildman–Crippen MR) is 117 cm³/mol. The Labute approximate surface area is 185 Å². The van der Waals surface area contributed by atoms with Crippen molar-refractivity contribution in [3.63, 3.8) is 0 Å². The first kappa shape index (κ1) is 21.9. The molecule has 3 aromatic rings. The van der Waals surface area contributed by atoms with Gasteiger partial charge in [0.15, 0.2) is 5.78 Å². The van der Waals surface area contributed by atoms with Gasteiger partial charge >= 0.3 is 0 Å². The zero-order valence-electron chi connectivity index (χ0n) is 16.9. The van der Waals surface area contributed by atoms with Gasteiger partial charge in [-0.05, 0) is 6.42 Å². The monoisotopic (exact) mass is 433 g/mol. The van der Waals surface area contributed by atoms with Crippen LogP contribution >= 0.6 is 11.6 Å². The van der Waals surface area contributed by atoms with Crippen LogP contribution in [-0.2, 0) is 6.54 Å². The van der Waals surface area contributed by atoms with E-state index in [1.165, 1.54) is 6.20 Å². The van der Waals surface area contributed by atoms with Gasteiger partial charge in [0.2, 0.25) is 5.95 Å². The van der Waals surface area contributed by atoms with Crippen LogP contribution in [0.2, 0.25) is 5.02 Å². The SMILES string of the molecule is CC[C@@H](C#N)CC(=O)c1ccc(-c2nc(Nc3cnn(CCC#N)c3)ncc2Cl)cc1. The molecule has 8 nitrogen and oxygen atoms in total. The summed E-state index contributed by atoms with van der Waals surface area (Å²) in [4.78, 5) is 21.1. The molecular weight excluding hydrogens is 414 g/mol. The van der Waals surface area contributed by atoms with E-state index in [0.29, 0.717) is 47.3 Å². The molecule has 0 saturated heterocycles. The second kappa shape index (κ2) is 10.3. The Hall–Kier alpha value is -3.75. The van der Waals surface area contributed by atoms with Crippen LogP contribution in [0.15, 0.2) is 42.9 Å². The smallest absolute Gasteiger partial charge is 0.227 e. The molecule has 0 fully saturated rings. The Morgan fingerprint density at radius 2 is 2.03 bits per heavy atom. The third-order valence-electron chi connectivity index (χ3n) is 4.67. The van der Waals surface area contributed by atoms with E-state index in [4.69, 9.17) is 22.1 Å². The number of hydrogen-bond donors (Lipinski definition) is 1. The van der Waals surface area contributed by atoms with Crippen LogP contribution in [0, 0.1) is 28.6 Å². The second-order valence-electron chi connectivity index (χ2n) is 6.85. The van der Waals surface area contributed by atoms with Crippen molar-refractivity contribution >= 4 is 29.0 Å². The van der Waals surface area contributed by atoms with Gasteiger partial charge in [-0.25, -0.2) is 9.97 Å². The van der Waals surface area contributed by atoms with E-state index >= 15 is 0 Å². The van der Waals surface area contributed by atoms with E-state index in [-0.39, 0.29) is 18.1 Å². The number of nitrogens with one attached hydrogen (secondary N) is 1. The van der Waals surface area contributed by atoms with Crippen molar-refractivity contribution in [1.82, 2.24) is 19.7 Å². The molecule has 9 heteroatoms. The quantitative estimate of drug-likeness (QED) is 0.482. The standard InChI is InChI=1S/C22H20ClN7O/c1-2-15(11-25)10-20(31)16-4-6-17(7-5-16)21-19(23)13-26-22(29-21)28-18-12-27-30(14-18)9-3-8-24/h4-7,12-15H,2-3,9-10H2,1H3,(H,26,28,29)/t15-/m1/s1. The number of benzene rings is 1. The van der Waals surface area contributed by atoms with E-state index < -0.39 is 0 Å². The fourth-order valence-electron chi connectivity index (χ4n) is 2.91. The number of halogens is 1. The third-order valence-corrected chi connectivity index (χ3v) is 4.95. The minimum Gasteiger partial charge on any atom is -0.321 e. The molecule has 0 saturated carbocycles. The minimum atomic E-state index is -0.277.